The van der Waals surface area contributed by atoms with Gasteiger partial charge in [0.2, 0.25) is 5.91 Å². The Kier molecular flexibility index (Phi) is 6.99. The van der Waals surface area contributed by atoms with Crippen molar-refractivity contribution in [3.8, 4) is 5.75 Å². The minimum atomic E-state index is -0.349. The smallest absolute Gasteiger partial charge is 0.271 e. The zero-order valence-corrected chi connectivity index (χ0v) is 16.5. The lowest BCUT2D eigenvalue weighted by molar-refractivity contribution is -0.132. The molecule has 1 aromatic carbocycles. The van der Waals surface area contributed by atoms with Crippen LogP contribution in [-0.2, 0) is 4.79 Å². The number of aromatic nitrogens is 2. The number of carbonyl (C=O) groups excluding carboxylic acids is 2. The molecule has 8 nitrogen and oxygen atoms in total. The second kappa shape index (κ2) is 9.86. The van der Waals surface area contributed by atoms with E-state index in [2.05, 4.69) is 15.5 Å². The standard InChI is InChI=1S/C21H26N4O4/c1-15-4-6-17(7-5-15)29-14-2-3-20(27)25-12-10-16(11-13-25)22-21(28)18-8-9-19(26)24-23-18/h4-9,16H,2-3,10-14H2,1H3,(H,22,28)(H,24,26). The highest BCUT2D eigenvalue weighted by molar-refractivity contribution is 5.92. The van der Waals surface area contributed by atoms with E-state index in [0.29, 0.717) is 45.4 Å². The third kappa shape index (κ3) is 6.17. The van der Waals surface area contributed by atoms with Crippen molar-refractivity contribution in [2.75, 3.05) is 19.7 Å². The van der Waals surface area contributed by atoms with Gasteiger partial charge in [0.15, 0.2) is 0 Å². The van der Waals surface area contributed by atoms with Gasteiger partial charge in [-0.2, -0.15) is 5.10 Å². The molecule has 0 atom stereocenters. The molecule has 0 bridgehead atoms. The number of hydrogen-bond donors (Lipinski definition) is 2. The SMILES string of the molecule is Cc1ccc(OCCCC(=O)N2CCC(NC(=O)c3ccc(=O)[nH]n3)CC2)cc1. The maximum absolute atomic E-state index is 12.4. The number of nitrogens with one attached hydrogen (secondary N) is 2. The Bertz CT molecular complexity index is 866. The molecule has 1 aromatic heterocycles. The second-order valence-corrected chi connectivity index (χ2v) is 7.20. The summed E-state index contributed by atoms with van der Waals surface area (Å²) in [6, 6.07) is 10.5. The third-order valence-electron chi connectivity index (χ3n) is 4.92. The van der Waals surface area contributed by atoms with E-state index in [0.717, 1.165) is 5.75 Å². The monoisotopic (exact) mass is 398 g/mol. The zero-order valence-electron chi connectivity index (χ0n) is 16.5. The van der Waals surface area contributed by atoms with Crippen LogP contribution in [0, 0.1) is 6.92 Å². The summed E-state index contributed by atoms with van der Waals surface area (Å²) in [4.78, 5) is 37.4. The van der Waals surface area contributed by atoms with E-state index < -0.39 is 0 Å². The van der Waals surface area contributed by atoms with Gasteiger partial charge in [0.05, 0.1) is 6.61 Å². The van der Waals surface area contributed by atoms with Crippen LogP contribution >= 0.6 is 0 Å². The number of H-pyrrole nitrogens is 1. The molecule has 1 saturated heterocycles. The molecular weight excluding hydrogens is 372 g/mol. The predicted molar refractivity (Wildman–Crippen MR) is 108 cm³/mol. The molecule has 0 saturated carbocycles. The Morgan fingerprint density at radius 3 is 2.55 bits per heavy atom. The van der Waals surface area contributed by atoms with Gasteiger partial charge in [-0.05, 0) is 44.4 Å². The summed E-state index contributed by atoms with van der Waals surface area (Å²) in [5.74, 6) is 0.612. The van der Waals surface area contributed by atoms with E-state index in [-0.39, 0.29) is 29.1 Å². The fraction of sp³-hybridized carbons (Fsp3) is 0.429. The molecule has 1 fully saturated rings. The second-order valence-electron chi connectivity index (χ2n) is 7.20. The van der Waals surface area contributed by atoms with Gasteiger partial charge in [-0.25, -0.2) is 5.10 Å². The summed E-state index contributed by atoms with van der Waals surface area (Å²) in [5.41, 5.74) is 1.01. The summed E-state index contributed by atoms with van der Waals surface area (Å²) in [6.07, 6.45) is 2.51. The van der Waals surface area contributed by atoms with Crippen LogP contribution in [0.2, 0.25) is 0 Å². The molecule has 1 aliphatic rings. The maximum Gasteiger partial charge on any atom is 0.271 e. The van der Waals surface area contributed by atoms with E-state index in [1.165, 1.54) is 17.7 Å². The molecule has 0 aliphatic carbocycles. The Morgan fingerprint density at radius 1 is 1.17 bits per heavy atom. The highest BCUT2D eigenvalue weighted by Gasteiger charge is 2.24. The van der Waals surface area contributed by atoms with Crippen molar-refractivity contribution in [2.24, 2.45) is 0 Å². The fourth-order valence-electron chi connectivity index (χ4n) is 3.21. The molecule has 0 spiro atoms. The van der Waals surface area contributed by atoms with Gasteiger partial charge >= 0.3 is 0 Å². The minimum Gasteiger partial charge on any atom is -0.494 e. The molecule has 2 heterocycles. The molecule has 3 rings (SSSR count). The van der Waals surface area contributed by atoms with Gasteiger partial charge in [-0.1, -0.05) is 17.7 Å². The van der Waals surface area contributed by atoms with Crippen molar-refractivity contribution in [3.63, 3.8) is 0 Å². The Morgan fingerprint density at radius 2 is 1.90 bits per heavy atom. The first-order valence-corrected chi connectivity index (χ1v) is 9.85. The number of aromatic amines is 1. The number of aryl methyl sites for hydroxylation is 1. The van der Waals surface area contributed by atoms with Crippen LogP contribution < -0.4 is 15.6 Å². The highest BCUT2D eigenvalue weighted by atomic mass is 16.5. The molecule has 154 valence electrons. The molecule has 2 N–H and O–H groups in total. The van der Waals surface area contributed by atoms with Crippen molar-refractivity contribution in [1.82, 2.24) is 20.4 Å². The van der Waals surface area contributed by atoms with Gasteiger partial charge in [0.1, 0.15) is 11.4 Å². The number of amides is 2. The average Bonchev–Trinajstić information content (AvgIpc) is 2.73. The molecular formula is C21H26N4O4. The van der Waals surface area contributed by atoms with Gasteiger partial charge in [-0.3, -0.25) is 14.4 Å². The number of piperidine rings is 1. The van der Waals surface area contributed by atoms with E-state index in [4.69, 9.17) is 4.74 Å². The lowest BCUT2D eigenvalue weighted by atomic mass is 10.0. The van der Waals surface area contributed by atoms with Crippen molar-refractivity contribution in [3.05, 3.63) is 58.0 Å². The lowest BCUT2D eigenvalue weighted by Crippen LogP contribution is -2.46. The van der Waals surface area contributed by atoms with E-state index >= 15 is 0 Å². The fourth-order valence-corrected chi connectivity index (χ4v) is 3.21. The largest absolute Gasteiger partial charge is 0.494 e. The number of carbonyl (C=O) groups is 2. The summed E-state index contributed by atoms with van der Waals surface area (Å²) in [5, 5.41) is 8.88. The molecule has 8 heteroatoms. The average molecular weight is 398 g/mol. The molecule has 2 amide bonds. The third-order valence-corrected chi connectivity index (χ3v) is 4.92. The minimum absolute atomic E-state index is 0.00912. The molecule has 29 heavy (non-hydrogen) atoms. The zero-order chi connectivity index (χ0) is 20.6. The summed E-state index contributed by atoms with van der Waals surface area (Å²) in [6.45, 7) is 3.76. The van der Waals surface area contributed by atoms with Gasteiger partial charge in [0, 0.05) is 31.6 Å². The van der Waals surface area contributed by atoms with E-state index in [9.17, 15) is 14.4 Å². The van der Waals surface area contributed by atoms with Crippen LogP contribution in [0.25, 0.3) is 0 Å². The van der Waals surface area contributed by atoms with Crippen LogP contribution in [0.4, 0.5) is 0 Å². The van der Waals surface area contributed by atoms with Crippen molar-refractivity contribution < 1.29 is 14.3 Å². The first-order valence-electron chi connectivity index (χ1n) is 9.85. The summed E-state index contributed by atoms with van der Waals surface area (Å²) < 4.78 is 5.66. The van der Waals surface area contributed by atoms with Crippen molar-refractivity contribution >= 4 is 11.8 Å². The molecule has 0 radical (unpaired) electrons. The van der Waals surface area contributed by atoms with Gasteiger partial charge in [0.25, 0.3) is 11.5 Å². The van der Waals surface area contributed by atoms with Crippen LogP contribution in [-0.4, -0.2) is 52.6 Å². The summed E-state index contributed by atoms with van der Waals surface area (Å²) in [7, 11) is 0. The number of ether oxygens (including phenoxy) is 1. The molecule has 1 aliphatic heterocycles. The Balaban J connectivity index is 1.34. The van der Waals surface area contributed by atoms with Crippen LogP contribution in [0.1, 0.15) is 41.7 Å². The number of likely N-dealkylation sites (tertiary alicyclic amines) is 1. The van der Waals surface area contributed by atoms with Crippen LogP contribution in [0.3, 0.4) is 0 Å². The Labute approximate surface area is 169 Å². The number of rotatable bonds is 7. The quantitative estimate of drug-likeness (QED) is 0.690. The molecule has 2 aromatic rings. The normalized spacial score (nSPS) is 14.4. The van der Waals surface area contributed by atoms with Crippen molar-refractivity contribution in [2.45, 2.75) is 38.6 Å². The summed E-state index contributed by atoms with van der Waals surface area (Å²) >= 11 is 0. The molecule has 0 unspecified atom stereocenters. The first kappa shape index (κ1) is 20.6. The van der Waals surface area contributed by atoms with Gasteiger partial charge in [-0.15, -0.1) is 0 Å². The van der Waals surface area contributed by atoms with Gasteiger partial charge < -0.3 is 15.0 Å². The maximum atomic E-state index is 12.4. The van der Waals surface area contributed by atoms with Crippen LogP contribution in [0.15, 0.2) is 41.2 Å². The topological polar surface area (TPSA) is 104 Å². The van der Waals surface area contributed by atoms with Crippen LogP contribution in [0.5, 0.6) is 5.75 Å². The first-order chi connectivity index (χ1) is 14.0. The highest BCUT2D eigenvalue weighted by Crippen LogP contribution is 2.14. The number of nitrogens with zero attached hydrogens (tertiary/aromatic N) is 2. The number of hydrogen-bond acceptors (Lipinski definition) is 5. The predicted octanol–water partition coefficient (Wildman–Crippen LogP) is 1.66. The van der Waals surface area contributed by atoms with E-state index in [1.54, 1.807) is 0 Å². The lowest BCUT2D eigenvalue weighted by Gasteiger charge is -2.32. The number of benzene rings is 1. The van der Waals surface area contributed by atoms with Crippen molar-refractivity contribution in [1.29, 1.82) is 0 Å². The Hall–Kier alpha value is -3.16. The van der Waals surface area contributed by atoms with E-state index in [1.807, 2.05) is 36.1 Å².